The van der Waals surface area contributed by atoms with Crippen LogP contribution >= 0.6 is 23.2 Å². The van der Waals surface area contributed by atoms with Crippen LogP contribution in [-0.4, -0.2) is 40.6 Å². The summed E-state index contributed by atoms with van der Waals surface area (Å²) in [7, 11) is 4.17. The third kappa shape index (κ3) is 5.99. The molecule has 0 saturated carbocycles. The van der Waals surface area contributed by atoms with Gasteiger partial charge in [0.2, 0.25) is 5.91 Å². The maximum Gasteiger partial charge on any atom is 0.330 e. The van der Waals surface area contributed by atoms with Crippen LogP contribution < -0.4 is 31.9 Å². The first-order valence-electron chi connectivity index (χ1n) is 13.5. The van der Waals surface area contributed by atoms with Gasteiger partial charge >= 0.3 is 5.69 Å². The van der Waals surface area contributed by atoms with Crippen molar-refractivity contribution in [2.45, 2.75) is 19.0 Å². The smallest absolute Gasteiger partial charge is 0.330 e. The standard InChI is InChI=1S/C31H28Cl2FN5O5/c1-38-15-22(30(42)39(2)31(38)43)29(41)37-24-9-5-8-20(28(24)33)19-7-4-6-18(27(19)32)16-10-23(34)21(25(11-16)44-3)14-35-17-12-26(40)36-13-17/h4-11,15,17,35H,12-14H2,1-3H3,(H,36,40)(H,37,41). The second kappa shape index (κ2) is 12.7. The van der Waals surface area contributed by atoms with Gasteiger partial charge in [0.1, 0.15) is 17.1 Å². The third-order valence-electron chi connectivity index (χ3n) is 7.46. The maximum atomic E-state index is 15.4. The fourth-order valence-electron chi connectivity index (χ4n) is 5.07. The quantitative estimate of drug-likeness (QED) is 0.267. The average Bonchev–Trinajstić information content (AvgIpc) is 3.43. The van der Waals surface area contributed by atoms with Crippen LogP contribution in [0.15, 0.2) is 64.3 Å². The molecule has 10 nitrogen and oxygen atoms in total. The molecule has 0 aliphatic carbocycles. The van der Waals surface area contributed by atoms with Crippen LogP contribution in [0, 0.1) is 5.82 Å². The van der Waals surface area contributed by atoms with Crippen LogP contribution in [0.25, 0.3) is 22.3 Å². The van der Waals surface area contributed by atoms with Gasteiger partial charge in [0, 0.05) is 68.1 Å². The van der Waals surface area contributed by atoms with Crippen molar-refractivity contribution in [3.63, 3.8) is 0 Å². The Labute approximate surface area is 261 Å². The van der Waals surface area contributed by atoms with Gasteiger partial charge in [-0.2, -0.15) is 0 Å². The Kier molecular flexibility index (Phi) is 8.91. The van der Waals surface area contributed by atoms with Gasteiger partial charge in [0.15, 0.2) is 0 Å². The summed E-state index contributed by atoms with van der Waals surface area (Å²) in [6, 6.07) is 13.1. The molecule has 3 aromatic carbocycles. The van der Waals surface area contributed by atoms with E-state index in [9.17, 15) is 19.2 Å². The van der Waals surface area contributed by atoms with E-state index in [0.717, 1.165) is 9.13 Å². The molecule has 1 fully saturated rings. The Hall–Kier alpha value is -4.45. The normalized spacial score (nSPS) is 14.4. The van der Waals surface area contributed by atoms with Crippen molar-refractivity contribution in [1.82, 2.24) is 19.8 Å². The minimum absolute atomic E-state index is 0.0529. The number of nitrogens with zero attached hydrogens (tertiary/aromatic N) is 2. The van der Waals surface area contributed by atoms with Gasteiger partial charge in [-0.05, 0) is 23.8 Å². The highest BCUT2D eigenvalue weighted by Crippen LogP contribution is 2.42. The zero-order valence-corrected chi connectivity index (χ0v) is 25.5. The lowest BCUT2D eigenvalue weighted by Crippen LogP contribution is -2.40. The highest BCUT2D eigenvalue weighted by atomic mass is 35.5. The van der Waals surface area contributed by atoms with E-state index >= 15 is 4.39 Å². The molecule has 2 amide bonds. The van der Waals surface area contributed by atoms with Gasteiger partial charge in [0.05, 0.1) is 22.8 Å². The molecule has 1 saturated heterocycles. The van der Waals surface area contributed by atoms with Gasteiger partial charge in [0.25, 0.3) is 11.5 Å². The number of hydrogen-bond acceptors (Lipinski definition) is 6. The highest BCUT2D eigenvalue weighted by Gasteiger charge is 2.23. The maximum absolute atomic E-state index is 15.4. The van der Waals surface area contributed by atoms with Crippen molar-refractivity contribution in [3.8, 4) is 28.0 Å². The number of halogens is 3. The molecule has 1 atom stereocenters. The van der Waals surface area contributed by atoms with Crippen molar-refractivity contribution in [2.75, 3.05) is 19.0 Å². The number of ether oxygens (including phenoxy) is 1. The summed E-state index contributed by atoms with van der Waals surface area (Å²) < 4.78 is 22.9. The summed E-state index contributed by atoms with van der Waals surface area (Å²) in [5.74, 6) is -0.979. The van der Waals surface area contributed by atoms with Crippen LogP contribution in [0.4, 0.5) is 10.1 Å². The molecule has 0 radical (unpaired) electrons. The number of aromatic nitrogens is 2. The van der Waals surface area contributed by atoms with Crippen LogP contribution in [0.3, 0.4) is 0 Å². The van der Waals surface area contributed by atoms with E-state index in [1.165, 1.54) is 33.5 Å². The summed E-state index contributed by atoms with van der Waals surface area (Å²) in [6.45, 7) is 0.643. The monoisotopic (exact) mass is 639 g/mol. The zero-order chi connectivity index (χ0) is 31.7. The first-order valence-corrected chi connectivity index (χ1v) is 14.3. The molecule has 4 aromatic rings. The Morgan fingerprint density at radius 3 is 2.41 bits per heavy atom. The molecular formula is C31H28Cl2FN5O5. The summed E-state index contributed by atoms with van der Waals surface area (Å²) in [4.78, 5) is 49.1. The molecule has 1 unspecified atom stereocenters. The summed E-state index contributed by atoms with van der Waals surface area (Å²) >= 11 is 13.6. The SMILES string of the molecule is COc1cc(-c2cccc(-c3cccc(NC(=O)c4cn(C)c(=O)n(C)c4=O)c3Cl)c2Cl)cc(F)c1CNC1CNC(=O)C1. The van der Waals surface area contributed by atoms with E-state index < -0.39 is 23.0 Å². The minimum Gasteiger partial charge on any atom is -0.496 e. The number of anilines is 1. The molecule has 2 heterocycles. The lowest BCUT2D eigenvalue weighted by atomic mass is 9.97. The van der Waals surface area contributed by atoms with Crippen LogP contribution in [0.1, 0.15) is 22.3 Å². The number of methoxy groups -OCH3 is 1. The molecule has 1 aliphatic heterocycles. The number of amides is 2. The number of benzene rings is 3. The van der Waals surface area contributed by atoms with E-state index in [2.05, 4.69) is 16.0 Å². The van der Waals surface area contributed by atoms with Crippen molar-refractivity contribution in [1.29, 1.82) is 0 Å². The number of aryl methyl sites for hydroxylation is 1. The lowest BCUT2D eigenvalue weighted by molar-refractivity contribution is -0.119. The number of carbonyl (C=O) groups is 2. The van der Waals surface area contributed by atoms with E-state index in [4.69, 9.17) is 27.9 Å². The van der Waals surface area contributed by atoms with E-state index in [1.807, 2.05) is 0 Å². The Balaban J connectivity index is 1.46. The first-order chi connectivity index (χ1) is 21.0. The van der Waals surface area contributed by atoms with E-state index in [-0.39, 0.29) is 39.8 Å². The Morgan fingerprint density at radius 2 is 1.73 bits per heavy atom. The predicted molar refractivity (Wildman–Crippen MR) is 167 cm³/mol. The number of nitrogens with one attached hydrogen (secondary N) is 3. The predicted octanol–water partition coefficient (Wildman–Crippen LogP) is 4.10. The molecular weight excluding hydrogens is 612 g/mol. The molecule has 0 bridgehead atoms. The summed E-state index contributed by atoms with van der Waals surface area (Å²) in [5, 5.41) is 9.01. The lowest BCUT2D eigenvalue weighted by Gasteiger charge is -2.17. The van der Waals surface area contributed by atoms with Gasteiger partial charge in [-0.15, -0.1) is 0 Å². The van der Waals surface area contributed by atoms with Crippen LogP contribution in [0.5, 0.6) is 5.75 Å². The number of hydrogen-bond donors (Lipinski definition) is 3. The zero-order valence-electron chi connectivity index (χ0n) is 24.0. The second-order valence-corrected chi connectivity index (χ2v) is 11.1. The van der Waals surface area contributed by atoms with Crippen molar-refractivity contribution < 1.29 is 18.7 Å². The van der Waals surface area contributed by atoms with Gasteiger partial charge in [-0.25, -0.2) is 9.18 Å². The Bertz CT molecular complexity index is 1920. The van der Waals surface area contributed by atoms with Crippen molar-refractivity contribution in [2.24, 2.45) is 14.1 Å². The van der Waals surface area contributed by atoms with Crippen LogP contribution in [-0.2, 0) is 25.4 Å². The van der Waals surface area contributed by atoms with Gasteiger partial charge < -0.3 is 25.3 Å². The van der Waals surface area contributed by atoms with Gasteiger partial charge in [-0.3, -0.25) is 19.0 Å². The molecule has 1 aromatic heterocycles. The molecule has 228 valence electrons. The van der Waals surface area contributed by atoms with E-state index in [1.54, 1.807) is 42.5 Å². The fraction of sp³-hybridized carbons (Fsp3) is 0.226. The molecule has 5 rings (SSSR count). The fourth-order valence-corrected chi connectivity index (χ4v) is 5.68. The van der Waals surface area contributed by atoms with Gasteiger partial charge in [-0.1, -0.05) is 53.5 Å². The molecule has 1 aliphatic rings. The third-order valence-corrected chi connectivity index (χ3v) is 8.27. The minimum atomic E-state index is -0.747. The summed E-state index contributed by atoms with van der Waals surface area (Å²) in [5.41, 5.74) is 0.985. The highest BCUT2D eigenvalue weighted by molar-refractivity contribution is 6.39. The molecule has 44 heavy (non-hydrogen) atoms. The Morgan fingerprint density at radius 1 is 1.05 bits per heavy atom. The molecule has 0 spiro atoms. The average molecular weight is 640 g/mol. The van der Waals surface area contributed by atoms with Crippen LogP contribution in [0.2, 0.25) is 10.0 Å². The largest absolute Gasteiger partial charge is 0.496 e. The number of rotatable bonds is 8. The topological polar surface area (TPSA) is 123 Å². The molecule has 13 heteroatoms. The molecule has 3 N–H and O–H groups in total. The summed E-state index contributed by atoms with van der Waals surface area (Å²) in [6.07, 6.45) is 1.49. The van der Waals surface area contributed by atoms with Crippen molar-refractivity contribution >= 4 is 40.7 Å². The first kappa shape index (κ1) is 31.0. The number of carbonyl (C=O) groups excluding carboxylic acids is 2. The van der Waals surface area contributed by atoms with E-state index in [0.29, 0.717) is 46.5 Å². The van der Waals surface area contributed by atoms with Crippen molar-refractivity contribution in [3.05, 3.63) is 103 Å². The second-order valence-electron chi connectivity index (χ2n) is 10.3.